The number of rotatable bonds is 6. The molecule has 2 rings (SSSR count). The van der Waals surface area contributed by atoms with Crippen LogP contribution in [0.3, 0.4) is 0 Å². The molecule has 0 radical (unpaired) electrons. The number of ether oxygens (including phenoxy) is 2. The van der Waals surface area contributed by atoms with Gasteiger partial charge in [-0.1, -0.05) is 0 Å². The van der Waals surface area contributed by atoms with Crippen LogP contribution >= 0.6 is 11.3 Å². The summed E-state index contributed by atoms with van der Waals surface area (Å²) < 4.78 is 10.1. The number of anilines is 1. The third-order valence-electron chi connectivity index (χ3n) is 3.15. The molecule has 2 amide bonds. The van der Waals surface area contributed by atoms with Gasteiger partial charge < -0.3 is 20.5 Å². The number of methoxy groups -OCH3 is 1. The molecule has 126 valence electrons. The molecule has 0 fully saturated rings. The summed E-state index contributed by atoms with van der Waals surface area (Å²) in [5, 5.41) is 4.48. The van der Waals surface area contributed by atoms with Gasteiger partial charge in [0.15, 0.2) is 6.10 Å². The lowest BCUT2D eigenvalue weighted by Gasteiger charge is -2.13. The van der Waals surface area contributed by atoms with Gasteiger partial charge >= 0.3 is 5.97 Å². The summed E-state index contributed by atoms with van der Waals surface area (Å²) >= 11 is 1.16. The number of nitrogens with two attached hydrogens (primary N) is 1. The lowest BCUT2D eigenvalue weighted by molar-refractivity contribution is -0.123. The van der Waals surface area contributed by atoms with E-state index in [1.165, 1.54) is 32.2 Å². The van der Waals surface area contributed by atoms with Gasteiger partial charge in [-0.3, -0.25) is 9.59 Å². The molecular weight excluding hydrogens is 332 g/mol. The first-order valence-corrected chi connectivity index (χ1v) is 7.83. The van der Waals surface area contributed by atoms with Gasteiger partial charge in [-0.15, -0.1) is 11.3 Å². The molecule has 3 N–H and O–H groups in total. The number of primary amides is 1. The van der Waals surface area contributed by atoms with Gasteiger partial charge in [0.25, 0.3) is 11.8 Å². The van der Waals surface area contributed by atoms with Gasteiger partial charge in [-0.25, -0.2) is 4.79 Å². The first-order valence-electron chi connectivity index (χ1n) is 6.95. The summed E-state index contributed by atoms with van der Waals surface area (Å²) in [5.74, 6) is -1.23. The molecule has 7 nitrogen and oxygen atoms in total. The lowest BCUT2D eigenvalue weighted by atomic mass is 10.2. The standard InChI is InChI=1S/C16H16N2O5S/c1-9(14(20)18-15-12(13(17)19)7-8-24-15)23-16(21)10-3-5-11(22-2)6-4-10/h3-9H,1-2H3,(H2,17,19)(H,18,20). The molecular formula is C16H16N2O5S. The number of thiophene rings is 1. The van der Waals surface area contributed by atoms with Crippen LogP contribution in [0.15, 0.2) is 35.7 Å². The van der Waals surface area contributed by atoms with E-state index in [2.05, 4.69) is 5.32 Å². The molecule has 0 spiro atoms. The Kier molecular flexibility index (Phi) is 5.54. The fraction of sp³-hybridized carbons (Fsp3) is 0.188. The van der Waals surface area contributed by atoms with E-state index in [4.69, 9.17) is 15.2 Å². The van der Waals surface area contributed by atoms with E-state index in [0.717, 1.165) is 11.3 Å². The smallest absolute Gasteiger partial charge is 0.338 e. The van der Waals surface area contributed by atoms with Crippen LogP contribution in [0, 0.1) is 0 Å². The van der Waals surface area contributed by atoms with Crippen molar-refractivity contribution in [1.82, 2.24) is 0 Å². The van der Waals surface area contributed by atoms with Crippen LogP contribution in [-0.4, -0.2) is 31.0 Å². The average Bonchev–Trinajstić information content (AvgIpc) is 3.03. The average molecular weight is 348 g/mol. The van der Waals surface area contributed by atoms with Crippen LogP contribution in [0.25, 0.3) is 0 Å². The number of benzene rings is 1. The Balaban J connectivity index is 1.98. The van der Waals surface area contributed by atoms with E-state index in [9.17, 15) is 14.4 Å². The zero-order chi connectivity index (χ0) is 17.7. The summed E-state index contributed by atoms with van der Waals surface area (Å²) in [6.45, 7) is 1.44. The third kappa shape index (κ3) is 4.11. The van der Waals surface area contributed by atoms with Gasteiger partial charge in [0.05, 0.1) is 18.2 Å². The van der Waals surface area contributed by atoms with Crippen LogP contribution in [0.2, 0.25) is 0 Å². The molecule has 24 heavy (non-hydrogen) atoms. The second kappa shape index (κ2) is 7.60. The van der Waals surface area contributed by atoms with Crippen molar-refractivity contribution in [3.8, 4) is 5.75 Å². The Bertz CT molecular complexity index is 754. The predicted octanol–water partition coefficient (Wildman–Crippen LogP) is 2.04. The Labute approximate surface area is 142 Å². The van der Waals surface area contributed by atoms with Crippen LogP contribution in [0.5, 0.6) is 5.75 Å². The van der Waals surface area contributed by atoms with Gasteiger partial charge in [0.1, 0.15) is 10.8 Å². The van der Waals surface area contributed by atoms with Crippen molar-refractivity contribution in [3.63, 3.8) is 0 Å². The number of carbonyl (C=O) groups is 3. The Hall–Kier alpha value is -2.87. The maximum atomic E-state index is 12.1. The molecule has 8 heteroatoms. The fourth-order valence-corrected chi connectivity index (χ4v) is 2.62. The zero-order valence-electron chi connectivity index (χ0n) is 13.1. The summed E-state index contributed by atoms with van der Waals surface area (Å²) in [6.07, 6.45) is -1.04. The van der Waals surface area contributed by atoms with Crippen molar-refractivity contribution in [3.05, 3.63) is 46.8 Å². The predicted molar refractivity (Wildman–Crippen MR) is 89.3 cm³/mol. The van der Waals surface area contributed by atoms with Crippen molar-refractivity contribution < 1.29 is 23.9 Å². The summed E-state index contributed by atoms with van der Waals surface area (Å²) in [6, 6.07) is 7.82. The van der Waals surface area contributed by atoms with Crippen molar-refractivity contribution in [2.24, 2.45) is 5.73 Å². The summed E-state index contributed by atoms with van der Waals surface area (Å²) in [4.78, 5) is 35.4. The SMILES string of the molecule is COc1ccc(C(=O)OC(C)C(=O)Nc2sccc2C(N)=O)cc1. The second-order valence-electron chi connectivity index (χ2n) is 4.79. The maximum Gasteiger partial charge on any atom is 0.338 e. The number of esters is 1. The van der Waals surface area contributed by atoms with E-state index >= 15 is 0 Å². The van der Waals surface area contributed by atoms with E-state index < -0.39 is 23.9 Å². The monoisotopic (exact) mass is 348 g/mol. The molecule has 0 bridgehead atoms. The molecule has 0 aliphatic carbocycles. The highest BCUT2D eigenvalue weighted by Gasteiger charge is 2.21. The molecule has 1 aromatic carbocycles. The van der Waals surface area contributed by atoms with Gasteiger partial charge in [0, 0.05) is 0 Å². The molecule has 2 aromatic rings. The zero-order valence-corrected chi connectivity index (χ0v) is 13.9. The normalized spacial score (nSPS) is 11.4. The Morgan fingerprint density at radius 3 is 2.42 bits per heavy atom. The van der Waals surface area contributed by atoms with E-state index in [-0.39, 0.29) is 5.56 Å². The minimum absolute atomic E-state index is 0.210. The number of hydrogen-bond donors (Lipinski definition) is 2. The van der Waals surface area contributed by atoms with Gasteiger partial charge in [-0.05, 0) is 42.6 Å². The number of hydrogen-bond acceptors (Lipinski definition) is 6. The molecule has 0 saturated heterocycles. The number of nitrogens with one attached hydrogen (secondary N) is 1. The molecule has 1 unspecified atom stereocenters. The van der Waals surface area contributed by atoms with Crippen LogP contribution < -0.4 is 15.8 Å². The highest BCUT2D eigenvalue weighted by molar-refractivity contribution is 7.14. The largest absolute Gasteiger partial charge is 0.497 e. The Morgan fingerprint density at radius 2 is 1.83 bits per heavy atom. The summed E-state index contributed by atoms with van der Waals surface area (Å²) in [7, 11) is 1.52. The lowest BCUT2D eigenvalue weighted by Crippen LogP contribution is -2.30. The Morgan fingerprint density at radius 1 is 1.17 bits per heavy atom. The van der Waals surface area contributed by atoms with Crippen molar-refractivity contribution in [2.75, 3.05) is 12.4 Å². The molecule has 1 aromatic heterocycles. The first kappa shape index (κ1) is 17.5. The van der Waals surface area contributed by atoms with E-state index in [1.807, 2.05) is 0 Å². The van der Waals surface area contributed by atoms with Crippen LogP contribution in [0.4, 0.5) is 5.00 Å². The fourth-order valence-electron chi connectivity index (χ4n) is 1.82. The van der Waals surface area contributed by atoms with Crippen molar-refractivity contribution >= 4 is 34.1 Å². The van der Waals surface area contributed by atoms with E-state index in [0.29, 0.717) is 16.3 Å². The first-order chi connectivity index (χ1) is 11.4. The van der Waals surface area contributed by atoms with Gasteiger partial charge in [0.2, 0.25) is 0 Å². The number of amides is 2. The molecule has 1 heterocycles. The maximum absolute atomic E-state index is 12.1. The van der Waals surface area contributed by atoms with Crippen LogP contribution in [-0.2, 0) is 9.53 Å². The highest BCUT2D eigenvalue weighted by atomic mass is 32.1. The third-order valence-corrected chi connectivity index (χ3v) is 3.98. The minimum atomic E-state index is -1.04. The van der Waals surface area contributed by atoms with Crippen LogP contribution in [0.1, 0.15) is 27.6 Å². The molecule has 0 aliphatic rings. The topological polar surface area (TPSA) is 108 Å². The molecule has 0 saturated carbocycles. The highest BCUT2D eigenvalue weighted by Crippen LogP contribution is 2.23. The second-order valence-corrected chi connectivity index (χ2v) is 5.71. The quantitative estimate of drug-likeness (QED) is 0.777. The van der Waals surface area contributed by atoms with Crippen molar-refractivity contribution in [2.45, 2.75) is 13.0 Å². The van der Waals surface area contributed by atoms with Crippen molar-refractivity contribution in [1.29, 1.82) is 0 Å². The number of carbonyl (C=O) groups excluding carboxylic acids is 3. The summed E-state index contributed by atoms with van der Waals surface area (Å²) in [5.41, 5.74) is 5.72. The van der Waals surface area contributed by atoms with E-state index in [1.54, 1.807) is 17.5 Å². The molecule has 1 atom stereocenters. The van der Waals surface area contributed by atoms with Gasteiger partial charge in [-0.2, -0.15) is 0 Å². The molecule has 0 aliphatic heterocycles. The minimum Gasteiger partial charge on any atom is -0.497 e.